The Morgan fingerprint density at radius 3 is 2.72 bits per heavy atom. The van der Waals surface area contributed by atoms with Gasteiger partial charge in [-0.05, 0) is 43.9 Å². The van der Waals surface area contributed by atoms with Crippen LogP contribution in [0.3, 0.4) is 0 Å². The van der Waals surface area contributed by atoms with E-state index in [1.807, 2.05) is 6.92 Å². The van der Waals surface area contributed by atoms with Gasteiger partial charge in [-0.2, -0.15) is 0 Å². The minimum Gasteiger partial charge on any atom is -0.471 e. The number of aromatic nitrogens is 1. The van der Waals surface area contributed by atoms with Crippen molar-refractivity contribution in [1.29, 1.82) is 0 Å². The van der Waals surface area contributed by atoms with Crippen molar-refractivity contribution < 1.29 is 13.5 Å². The van der Waals surface area contributed by atoms with E-state index in [9.17, 15) is 8.78 Å². The lowest BCUT2D eigenvalue weighted by atomic mass is 9.87. The summed E-state index contributed by atoms with van der Waals surface area (Å²) in [6.07, 6.45) is 7.74. The van der Waals surface area contributed by atoms with Gasteiger partial charge in [0.1, 0.15) is 0 Å². The molecule has 1 aromatic rings. The third kappa shape index (κ3) is 5.37. The first-order valence-electron chi connectivity index (χ1n) is 9.74. The first-order chi connectivity index (χ1) is 12.1. The summed E-state index contributed by atoms with van der Waals surface area (Å²) < 4.78 is 30.0. The molecule has 140 valence electrons. The van der Waals surface area contributed by atoms with Crippen molar-refractivity contribution >= 4 is 0 Å². The molecule has 2 aliphatic rings. The number of pyridine rings is 1. The van der Waals surface area contributed by atoms with Gasteiger partial charge < -0.3 is 9.64 Å². The second kappa shape index (κ2) is 8.93. The van der Waals surface area contributed by atoms with Gasteiger partial charge in [0.25, 0.3) is 6.43 Å². The first kappa shape index (κ1) is 18.6. The van der Waals surface area contributed by atoms with Crippen molar-refractivity contribution in [2.75, 3.05) is 26.2 Å². The molecule has 5 heteroatoms. The topological polar surface area (TPSA) is 25.4 Å². The molecule has 3 nitrogen and oxygen atoms in total. The number of aryl methyl sites for hydroxylation is 1. The third-order valence-electron chi connectivity index (χ3n) is 5.62. The summed E-state index contributed by atoms with van der Waals surface area (Å²) in [5.41, 5.74) is 3.13. The fourth-order valence-electron chi connectivity index (χ4n) is 4.13. The Morgan fingerprint density at radius 2 is 1.96 bits per heavy atom. The van der Waals surface area contributed by atoms with E-state index in [4.69, 9.17) is 4.74 Å². The molecule has 25 heavy (non-hydrogen) atoms. The Hall–Kier alpha value is -1.23. The van der Waals surface area contributed by atoms with E-state index in [-0.39, 0.29) is 0 Å². The molecule has 1 saturated carbocycles. The molecule has 0 N–H and O–H groups in total. The molecular weight excluding hydrogens is 322 g/mol. The van der Waals surface area contributed by atoms with Crippen LogP contribution in [0.15, 0.2) is 6.07 Å². The summed E-state index contributed by atoms with van der Waals surface area (Å²) in [7, 11) is 0. The Kier molecular flexibility index (Phi) is 6.63. The number of nitrogens with zero attached hydrogens (tertiary/aromatic N) is 2. The van der Waals surface area contributed by atoms with Gasteiger partial charge in [-0.3, -0.25) is 0 Å². The number of ether oxygens (including phenoxy) is 1. The van der Waals surface area contributed by atoms with Crippen molar-refractivity contribution in [2.45, 2.75) is 64.7 Å². The van der Waals surface area contributed by atoms with Gasteiger partial charge >= 0.3 is 0 Å². The molecule has 1 fully saturated rings. The number of halogens is 2. The van der Waals surface area contributed by atoms with Crippen molar-refractivity contribution in [3.63, 3.8) is 0 Å². The van der Waals surface area contributed by atoms with Gasteiger partial charge in [-0.15, -0.1) is 0 Å². The zero-order valence-electron chi connectivity index (χ0n) is 15.3. The number of fused-ring (bicyclic) bond motifs is 1. The average molecular weight is 352 g/mol. The van der Waals surface area contributed by atoms with Crippen LogP contribution in [-0.4, -0.2) is 42.6 Å². The zero-order chi connectivity index (χ0) is 17.6. The SMILES string of the molecule is Cc1cc2c(nc1OCC(F)F)CCN(CCC1CCCCC1)CC2. The predicted molar refractivity (Wildman–Crippen MR) is 95.5 cm³/mol. The first-order valence-corrected chi connectivity index (χ1v) is 9.74. The molecule has 0 aromatic carbocycles. The molecule has 1 aliphatic carbocycles. The maximum atomic E-state index is 12.4. The Balaban J connectivity index is 1.55. The number of alkyl halides is 2. The number of hydrogen-bond donors (Lipinski definition) is 0. The van der Waals surface area contributed by atoms with E-state index in [2.05, 4.69) is 16.0 Å². The average Bonchev–Trinajstić information content (AvgIpc) is 2.81. The molecule has 0 amide bonds. The van der Waals surface area contributed by atoms with Gasteiger partial charge in [-0.1, -0.05) is 32.1 Å². The molecule has 0 saturated heterocycles. The highest BCUT2D eigenvalue weighted by atomic mass is 19.3. The van der Waals surface area contributed by atoms with Crippen LogP contribution < -0.4 is 4.74 Å². The minimum atomic E-state index is -2.46. The van der Waals surface area contributed by atoms with Crippen LogP contribution in [0, 0.1) is 12.8 Å². The molecule has 3 rings (SSSR count). The normalized spacial score (nSPS) is 19.7. The summed E-state index contributed by atoms with van der Waals surface area (Å²) in [4.78, 5) is 7.09. The van der Waals surface area contributed by atoms with E-state index in [1.165, 1.54) is 50.6 Å². The van der Waals surface area contributed by atoms with E-state index < -0.39 is 13.0 Å². The molecule has 0 atom stereocenters. The van der Waals surface area contributed by atoms with Crippen LogP contribution in [0.5, 0.6) is 5.88 Å². The quantitative estimate of drug-likeness (QED) is 0.758. The highest BCUT2D eigenvalue weighted by Gasteiger charge is 2.20. The second-order valence-electron chi connectivity index (χ2n) is 7.55. The van der Waals surface area contributed by atoms with Gasteiger partial charge in [0.15, 0.2) is 6.61 Å². The lowest BCUT2D eigenvalue weighted by molar-refractivity contribution is 0.0791. The minimum absolute atomic E-state index is 0.370. The molecule has 1 aromatic heterocycles. The summed E-state index contributed by atoms with van der Waals surface area (Å²) in [5, 5.41) is 0. The van der Waals surface area contributed by atoms with Gasteiger partial charge in [0.05, 0.1) is 0 Å². The highest BCUT2D eigenvalue weighted by molar-refractivity contribution is 5.34. The zero-order valence-corrected chi connectivity index (χ0v) is 15.3. The van der Waals surface area contributed by atoms with Crippen LogP contribution in [0.2, 0.25) is 0 Å². The Bertz CT molecular complexity index is 559. The van der Waals surface area contributed by atoms with Crippen molar-refractivity contribution in [2.24, 2.45) is 5.92 Å². The summed E-state index contributed by atoms with van der Waals surface area (Å²) in [6.45, 7) is 4.55. The fraction of sp³-hybridized carbons (Fsp3) is 0.750. The second-order valence-corrected chi connectivity index (χ2v) is 7.55. The fourth-order valence-corrected chi connectivity index (χ4v) is 4.13. The van der Waals surface area contributed by atoms with Crippen LogP contribution in [0.25, 0.3) is 0 Å². The van der Waals surface area contributed by atoms with Crippen LogP contribution >= 0.6 is 0 Å². The maximum Gasteiger partial charge on any atom is 0.272 e. The van der Waals surface area contributed by atoms with Crippen LogP contribution in [0.1, 0.15) is 55.3 Å². The Morgan fingerprint density at radius 1 is 1.20 bits per heavy atom. The van der Waals surface area contributed by atoms with Crippen LogP contribution in [-0.2, 0) is 12.8 Å². The number of rotatable bonds is 6. The van der Waals surface area contributed by atoms with E-state index in [1.54, 1.807) is 0 Å². The maximum absolute atomic E-state index is 12.4. The smallest absolute Gasteiger partial charge is 0.272 e. The lowest BCUT2D eigenvalue weighted by Gasteiger charge is -2.26. The number of hydrogen-bond acceptors (Lipinski definition) is 3. The van der Waals surface area contributed by atoms with Crippen molar-refractivity contribution in [3.05, 3.63) is 22.9 Å². The summed E-state index contributed by atoms with van der Waals surface area (Å²) in [5.74, 6) is 1.28. The predicted octanol–water partition coefficient (Wildman–Crippen LogP) is 4.40. The van der Waals surface area contributed by atoms with Crippen molar-refractivity contribution in [3.8, 4) is 5.88 Å². The van der Waals surface area contributed by atoms with Crippen LogP contribution in [0.4, 0.5) is 8.78 Å². The highest BCUT2D eigenvalue weighted by Crippen LogP contribution is 2.27. The molecule has 0 bridgehead atoms. The van der Waals surface area contributed by atoms with E-state index in [0.717, 1.165) is 43.1 Å². The van der Waals surface area contributed by atoms with Gasteiger partial charge in [0.2, 0.25) is 5.88 Å². The molecule has 1 aliphatic heterocycles. The summed E-state index contributed by atoms with van der Waals surface area (Å²) >= 11 is 0. The summed E-state index contributed by atoms with van der Waals surface area (Å²) in [6, 6.07) is 2.08. The molecule has 0 radical (unpaired) electrons. The molecule has 0 unspecified atom stereocenters. The lowest BCUT2D eigenvalue weighted by Crippen LogP contribution is -2.29. The Labute approximate surface area is 149 Å². The standard InChI is InChI=1S/C20H30F2N2O/c1-15-13-17-8-11-24(10-7-16-5-3-2-4-6-16)12-9-18(17)23-20(15)25-14-19(21)22/h13,16,19H,2-12,14H2,1H3. The molecule has 2 heterocycles. The van der Waals surface area contributed by atoms with Gasteiger partial charge in [0, 0.05) is 30.8 Å². The van der Waals surface area contributed by atoms with E-state index in [0.29, 0.717) is 5.88 Å². The van der Waals surface area contributed by atoms with Gasteiger partial charge in [-0.25, -0.2) is 13.8 Å². The molecular formula is C20H30F2N2O. The monoisotopic (exact) mass is 352 g/mol. The van der Waals surface area contributed by atoms with E-state index >= 15 is 0 Å². The third-order valence-corrected chi connectivity index (χ3v) is 5.62. The largest absolute Gasteiger partial charge is 0.471 e. The molecule has 0 spiro atoms. The van der Waals surface area contributed by atoms with Crippen molar-refractivity contribution in [1.82, 2.24) is 9.88 Å².